The summed E-state index contributed by atoms with van der Waals surface area (Å²) in [6.07, 6.45) is 5.77. The van der Waals surface area contributed by atoms with E-state index in [4.69, 9.17) is 0 Å². The van der Waals surface area contributed by atoms with E-state index < -0.39 is 0 Å². The quantitative estimate of drug-likeness (QED) is 0.455. The van der Waals surface area contributed by atoms with Crippen LogP contribution in [0.1, 0.15) is 35.2 Å². The van der Waals surface area contributed by atoms with Crippen molar-refractivity contribution in [3.8, 4) is 6.07 Å². The van der Waals surface area contributed by atoms with E-state index in [1.807, 2.05) is 36.6 Å². The Balaban J connectivity index is 1.59. The van der Waals surface area contributed by atoms with Crippen molar-refractivity contribution in [1.29, 1.82) is 5.26 Å². The lowest BCUT2D eigenvalue weighted by atomic mass is 9.89. The van der Waals surface area contributed by atoms with E-state index in [0.717, 1.165) is 25.9 Å². The fraction of sp³-hybridized carbons (Fsp3) is 0.292. The molecule has 2 aromatic heterocycles. The van der Waals surface area contributed by atoms with Crippen LogP contribution in [0.4, 0.5) is 5.69 Å². The topological polar surface area (TPSA) is 65.6 Å². The Hall–Kier alpha value is -3.04. The second kappa shape index (κ2) is 8.76. The third-order valence-corrected chi connectivity index (χ3v) is 6.62. The highest BCUT2D eigenvalue weighted by atomic mass is 32.2. The Bertz CT molecular complexity index is 1170. The second-order valence-electron chi connectivity index (χ2n) is 7.55. The number of carbonyl (C=O) groups is 1. The molecule has 3 heterocycles. The highest BCUT2D eigenvalue weighted by Gasteiger charge is 2.26. The molecular formula is C24H23N3O2S. The number of Topliss-reactive ketones (excluding diaryl/α,β-unsaturated/α-hetero) is 1. The van der Waals surface area contributed by atoms with E-state index in [2.05, 4.69) is 17.0 Å². The highest BCUT2D eigenvalue weighted by molar-refractivity contribution is 7.98. The van der Waals surface area contributed by atoms with Crippen molar-refractivity contribution < 1.29 is 4.79 Å². The largest absolute Gasteiger partial charge is 0.372 e. The smallest absolute Gasteiger partial charge is 0.274 e. The fourth-order valence-corrected chi connectivity index (χ4v) is 5.01. The first-order valence-corrected chi connectivity index (χ1v) is 11.3. The predicted octanol–water partition coefficient (Wildman–Crippen LogP) is 4.38. The van der Waals surface area contributed by atoms with Gasteiger partial charge in [0.15, 0.2) is 5.78 Å². The van der Waals surface area contributed by atoms with Crippen LogP contribution in [0.2, 0.25) is 0 Å². The summed E-state index contributed by atoms with van der Waals surface area (Å²) < 4.78 is 1.42. The fourth-order valence-electron chi connectivity index (χ4n) is 4.25. The maximum Gasteiger partial charge on any atom is 0.274 e. The Kier molecular flexibility index (Phi) is 5.91. The maximum atomic E-state index is 13.4. The standard InChI is InChI=1S/C24H23N3O2S/c1-30-23-19(16-25)24(29)27-12-6-5-9-20(27)22(23)21(28)15-17-10-13-26(14-11-17)18-7-3-2-4-8-18/h2-9,12,17H,10-11,13-15H2,1H3. The molecule has 6 heteroatoms. The van der Waals surface area contributed by atoms with Crippen LogP contribution in [-0.4, -0.2) is 29.5 Å². The minimum atomic E-state index is -0.370. The summed E-state index contributed by atoms with van der Waals surface area (Å²) in [5.74, 6) is 0.311. The number of aromatic nitrogens is 1. The maximum absolute atomic E-state index is 13.4. The number of ketones is 1. The number of piperidine rings is 1. The molecule has 0 radical (unpaired) electrons. The molecule has 0 unspecified atom stereocenters. The summed E-state index contributed by atoms with van der Waals surface area (Å²) in [6, 6.07) is 17.7. The summed E-state index contributed by atoms with van der Waals surface area (Å²) in [5.41, 5.74) is 1.99. The molecule has 0 N–H and O–H groups in total. The molecule has 5 nitrogen and oxygen atoms in total. The summed E-state index contributed by atoms with van der Waals surface area (Å²) in [6.45, 7) is 1.85. The molecule has 1 aliphatic heterocycles. The van der Waals surface area contributed by atoms with Gasteiger partial charge in [-0.1, -0.05) is 24.3 Å². The van der Waals surface area contributed by atoms with Gasteiger partial charge in [-0.05, 0) is 49.3 Å². The van der Waals surface area contributed by atoms with Crippen molar-refractivity contribution in [2.45, 2.75) is 24.2 Å². The first kappa shape index (κ1) is 20.2. The monoisotopic (exact) mass is 417 g/mol. The number of fused-ring (bicyclic) bond motifs is 1. The van der Waals surface area contributed by atoms with Crippen molar-refractivity contribution in [3.63, 3.8) is 0 Å². The Morgan fingerprint density at radius 2 is 1.83 bits per heavy atom. The van der Waals surface area contributed by atoms with E-state index in [0.29, 0.717) is 28.3 Å². The van der Waals surface area contributed by atoms with E-state index in [9.17, 15) is 14.9 Å². The van der Waals surface area contributed by atoms with Gasteiger partial charge in [-0.15, -0.1) is 11.8 Å². The lowest BCUT2D eigenvalue weighted by Crippen LogP contribution is -2.34. The van der Waals surface area contributed by atoms with E-state index >= 15 is 0 Å². The molecule has 1 aromatic carbocycles. The highest BCUT2D eigenvalue weighted by Crippen LogP contribution is 2.31. The Labute approximate surface area is 179 Å². The van der Waals surface area contributed by atoms with Crippen LogP contribution in [0.3, 0.4) is 0 Å². The lowest BCUT2D eigenvalue weighted by Gasteiger charge is -2.33. The first-order chi connectivity index (χ1) is 14.6. The van der Waals surface area contributed by atoms with Gasteiger partial charge in [-0.2, -0.15) is 5.26 Å². The number of hydrogen-bond acceptors (Lipinski definition) is 5. The van der Waals surface area contributed by atoms with Crippen molar-refractivity contribution in [3.05, 3.63) is 76.2 Å². The van der Waals surface area contributed by atoms with Crippen LogP contribution in [0.5, 0.6) is 0 Å². The van der Waals surface area contributed by atoms with E-state index in [1.54, 1.807) is 18.3 Å². The molecule has 0 saturated carbocycles. The summed E-state index contributed by atoms with van der Waals surface area (Å²) in [4.78, 5) is 28.9. The van der Waals surface area contributed by atoms with Gasteiger partial charge in [-0.25, -0.2) is 0 Å². The number of anilines is 1. The summed E-state index contributed by atoms with van der Waals surface area (Å²) in [7, 11) is 0. The van der Waals surface area contributed by atoms with Gasteiger partial charge in [0.05, 0.1) is 11.1 Å². The Morgan fingerprint density at radius 1 is 1.13 bits per heavy atom. The number of hydrogen-bond donors (Lipinski definition) is 0. The van der Waals surface area contributed by atoms with Crippen molar-refractivity contribution in [2.75, 3.05) is 24.2 Å². The van der Waals surface area contributed by atoms with Crippen molar-refractivity contribution in [2.24, 2.45) is 5.92 Å². The van der Waals surface area contributed by atoms with Crippen LogP contribution in [-0.2, 0) is 0 Å². The van der Waals surface area contributed by atoms with Crippen LogP contribution in [0, 0.1) is 17.2 Å². The van der Waals surface area contributed by atoms with Crippen LogP contribution in [0.25, 0.3) is 5.52 Å². The van der Waals surface area contributed by atoms with Crippen LogP contribution >= 0.6 is 11.8 Å². The zero-order chi connectivity index (χ0) is 21.1. The SMILES string of the molecule is CSc1c(C#N)c(=O)n2ccccc2c1C(=O)CC1CCN(c2ccccc2)CC1. The number of nitriles is 1. The molecule has 1 saturated heterocycles. The third-order valence-electron chi connectivity index (χ3n) is 5.81. The molecule has 1 fully saturated rings. The van der Waals surface area contributed by atoms with Gasteiger partial charge in [-0.3, -0.25) is 14.0 Å². The van der Waals surface area contributed by atoms with Gasteiger partial charge in [0.25, 0.3) is 5.56 Å². The molecule has 0 bridgehead atoms. The molecular weight excluding hydrogens is 394 g/mol. The predicted molar refractivity (Wildman–Crippen MR) is 120 cm³/mol. The minimum absolute atomic E-state index is 0.0118. The molecule has 0 atom stereocenters. The van der Waals surface area contributed by atoms with E-state index in [-0.39, 0.29) is 16.9 Å². The summed E-state index contributed by atoms with van der Waals surface area (Å²) >= 11 is 1.30. The lowest BCUT2D eigenvalue weighted by molar-refractivity contribution is 0.0952. The normalized spacial score (nSPS) is 14.6. The van der Waals surface area contributed by atoms with Gasteiger partial charge in [0, 0.05) is 36.3 Å². The molecule has 0 amide bonds. The molecule has 0 spiro atoms. The number of thioether (sulfide) groups is 1. The number of rotatable bonds is 5. The number of nitrogens with zero attached hydrogens (tertiary/aromatic N) is 3. The Morgan fingerprint density at radius 3 is 2.50 bits per heavy atom. The number of pyridine rings is 2. The first-order valence-electron chi connectivity index (χ1n) is 10.1. The molecule has 1 aliphatic rings. The summed E-state index contributed by atoms with van der Waals surface area (Å²) in [5, 5.41) is 9.56. The van der Waals surface area contributed by atoms with Crippen molar-refractivity contribution >= 4 is 28.7 Å². The second-order valence-corrected chi connectivity index (χ2v) is 8.37. The number of benzene rings is 1. The van der Waals surface area contributed by atoms with Gasteiger partial charge in [0.1, 0.15) is 11.6 Å². The number of carbonyl (C=O) groups excluding carboxylic acids is 1. The molecule has 152 valence electrons. The van der Waals surface area contributed by atoms with Crippen LogP contribution < -0.4 is 10.5 Å². The molecule has 3 aromatic rings. The van der Waals surface area contributed by atoms with E-state index in [1.165, 1.54) is 21.8 Å². The molecule has 4 rings (SSSR count). The van der Waals surface area contributed by atoms with Gasteiger partial charge < -0.3 is 4.90 Å². The average Bonchev–Trinajstić information content (AvgIpc) is 2.80. The average molecular weight is 418 g/mol. The molecule has 0 aliphatic carbocycles. The number of para-hydroxylation sites is 1. The minimum Gasteiger partial charge on any atom is -0.372 e. The zero-order valence-electron chi connectivity index (χ0n) is 16.9. The van der Waals surface area contributed by atoms with Crippen LogP contribution in [0.15, 0.2) is 64.4 Å². The van der Waals surface area contributed by atoms with Gasteiger partial charge >= 0.3 is 0 Å². The molecule has 30 heavy (non-hydrogen) atoms. The zero-order valence-corrected chi connectivity index (χ0v) is 17.7. The third kappa shape index (κ3) is 3.73. The van der Waals surface area contributed by atoms with Crippen molar-refractivity contribution in [1.82, 2.24) is 4.40 Å². The van der Waals surface area contributed by atoms with Gasteiger partial charge in [0.2, 0.25) is 0 Å².